The average molecular weight is 283 g/mol. The maximum absolute atomic E-state index is 11.9. The van der Waals surface area contributed by atoms with Gasteiger partial charge in [-0.1, -0.05) is 20.8 Å². The second-order valence-corrected chi connectivity index (χ2v) is 5.73. The summed E-state index contributed by atoms with van der Waals surface area (Å²) in [5.41, 5.74) is 0.641. The minimum Gasteiger partial charge on any atom is -0.354 e. The molecular weight excluding hydrogens is 264 g/mol. The fraction of sp³-hybridized carbons (Fsp3) is 0.615. The van der Waals surface area contributed by atoms with E-state index in [4.69, 9.17) is 11.6 Å². The molecule has 5 nitrogen and oxygen atoms in total. The largest absolute Gasteiger partial charge is 0.354 e. The smallest absolute Gasteiger partial charge is 0.229 e. The first-order valence-corrected chi connectivity index (χ1v) is 6.93. The summed E-state index contributed by atoms with van der Waals surface area (Å²) in [7, 11) is 0. The van der Waals surface area contributed by atoms with Crippen LogP contribution in [0.4, 0.5) is 11.5 Å². The van der Waals surface area contributed by atoms with Crippen LogP contribution in [0.15, 0.2) is 6.20 Å². The van der Waals surface area contributed by atoms with Gasteiger partial charge >= 0.3 is 0 Å². The number of amides is 1. The van der Waals surface area contributed by atoms with E-state index in [0.29, 0.717) is 18.2 Å². The number of carbonyl (C=O) groups is 1. The van der Waals surface area contributed by atoms with E-state index in [9.17, 15) is 4.79 Å². The summed E-state index contributed by atoms with van der Waals surface area (Å²) < 4.78 is 0. The third-order valence-electron chi connectivity index (χ3n) is 3.21. The number of aromatic nitrogens is 2. The van der Waals surface area contributed by atoms with E-state index in [0.717, 1.165) is 18.8 Å². The lowest BCUT2D eigenvalue weighted by molar-refractivity contribution is -0.119. The fourth-order valence-corrected chi connectivity index (χ4v) is 2.18. The molecule has 1 aromatic heterocycles. The Hall–Kier alpha value is -1.36. The summed E-state index contributed by atoms with van der Waals surface area (Å²) in [4.78, 5) is 22.2. The van der Waals surface area contributed by atoms with E-state index >= 15 is 0 Å². The van der Waals surface area contributed by atoms with Crippen LogP contribution in [0.3, 0.4) is 0 Å². The Kier molecular flexibility index (Phi) is 4.24. The minimum atomic E-state index is -0.0832. The number of hydrogen-bond donors (Lipinski definition) is 1. The van der Waals surface area contributed by atoms with Crippen LogP contribution in [0.25, 0.3) is 0 Å². The molecule has 1 aromatic rings. The van der Waals surface area contributed by atoms with Gasteiger partial charge in [0.15, 0.2) is 5.82 Å². The molecule has 1 unspecified atom stereocenters. The highest BCUT2D eigenvalue weighted by molar-refractivity contribution is 6.28. The van der Waals surface area contributed by atoms with Crippen LogP contribution in [0.2, 0.25) is 5.28 Å². The van der Waals surface area contributed by atoms with Crippen molar-refractivity contribution in [3.05, 3.63) is 11.5 Å². The van der Waals surface area contributed by atoms with Gasteiger partial charge in [0.2, 0.25) is 11.2 Å². The molecule has 2 rings (SSSR count). The molecule has 0 saturated heterocycles. The molecule has 2 heterocycles. The topological polar surface area (TPSA) is 58.1 Å². The summed E-state index contributed by atoms with van der Waals surface area (Å²) in [5.74, 6) is 1.24. The van der Waals surface area contributed by atoms with Crippen molar-refractivity contribution in [1.82, 2.24) is 9.97 Å². The van der Waals surface area contributed by atoms with E-state index in [1.807, 2.05) is 6.92 Å². The first kappa shape index (κ1) is 14.1. The monoisotopic (exact) mass is 282 g/mol. The van der Waals surface area contributed by atoms with E-state index in [1.165, 1.54) is 0 Å². The van der Waals surface area contributed by atoms with Gasteiger partial charge in [0, 0.05) is 13.1 Å². The van der Waals surface area contributed by atoms with Crippen molar-refractivity contribution in [3.8, 4) is 0 Å². The average Bonchev–Trinajstić information content (AvgIpc) is 2.46. The first-order valence-electron chi connectivity index (χ1n) is 6.55. The number of anilines is 2. The van der Waals surface area contributed by atoms with Crippen molar-refractivity contribution in [3.63, 3.8) is 0 Å². The molecular formula is C13H19ClN4O. The van der Waals surface area contributed by atoms with Gasteiger partial charge in [-0.2, -0.15) is 4.98 Å². The molecule has 0 aromatic carbocycles. The Balaban J connectivity index is 2.31. The predicted octanol–water partition coefficient (Wildman–Crippen LogP) is 2.57. The third kappa shape index (κ3) is 3.35. The van der Waals surface area contributed by atoms with Gasteiger partial charge in [-0.15, -0.1) is 0 Å². The lowest BCUT2D eigenvalue weighted by Gasteiger charge is -2.25. The lowest BCUT2D eigenvalue weighted by atomic mass is 10.1. The Bertz CT molecular complexity index is 478. The molecule has 0 radical (unpaired) electrons. The molecule has 0 spiro atoms. The van der Waals surface area contributed by atoms with Crippen molar-refractivity contribution in [2.75, 3.05) is 23.3 Å². The van der Waals surface area contributed by atoms with Gasteiger partial charge in [-0.3, -0.25) is 4.79 Å². The van der Waals surface area contributed by atoms with Crippen molar-refractivity contribution >= 4 is 29.0 Å². The van der Waals surface area contributed by atoms with Crippen molar-refractivity contribution < 1.29 is 4.79 Å². The van der Waals surface area contributed by atoms with Crippen molar-refractivity contribution in [2.24, 2.45) is 11.8 Å². The Labute approximate surface area is 118 Å². The predicted molar refractivity (Wildman–Crippen MR) is 76.5 cm³/mol. The molecule has 0 bridgehead atoms. The molecule has 1 atom stereocenters. The van der Waals surface area contributed by atoms with Crippen LogP contribution >= 0.6 is 11.6 Å². The minimum absolute atomic E-state index is 0.000723. The van der Waals surface area contributed by atoms with Gasteiger partial charge in [-0.05, 0) is 23.9 Å². The maximum atomic E-state index is 11.9. The normalized spacial score (nSPS) is 19.1. The van der Waals surface area contributed by atoms with Gasteiger partial charge in [0.25, 0.3) is 0 Å². The molecule has 0 aliphatic carbocycles. The Morgan fingerprint density at radius 3 is 3.00 bits per heavy atom. The van der Waals surface area contributed by atoms with Crippen LogP contribution < -0.4 is 10.2 Å². The van der Waals surface area contributed by atoms with Gasteiger partial charge in [0.05, 0.1) is 12.1 Å². The summed E-state index contributed by atoms with van der Waals surface area (Å²) >= 11 is 5.87. The van der Waals surface area contributed by atoms with Gasteiger partial charge in [0.1, 0.15) is 5.69 Å². The Morgan fingerprint density at radius 1 is 1.58 bits per heavy atom. The molecule has 19 heavy (non-hydrogen) atoms. The highest BCUT2D eigenvalue weighted by Gasteiger charge is 2.26. The number of rotatable bonds is 3. The van der Waals surface area contributed by atoms with Crippen LogP contribution in [0.1, 0.15) is 27.2 Å². The summed E-state index contributed by atoms with van der Waals surface area (Å²) in [6.45, 7) is 7.78. The fourth-order valence-electron chi connectivity index (χ4n) is 2.05. The lowest BCUT2D eigenvalue weighted by Crippen LogP contribution is -2.32. The second-order valence-electron chi connectivity index (χ2n) is 5.40. The molecule has 1 aliphatic rings. The van der Waals surface area contributed by atoms with E-state index in [2.05, 4.69) is 34.0 Å². The van der Waals surface area contributed by atoms with E-state index in [1.54, 1.807) is 6.20 Å². The number of halogens is 1. The number of carbonyl (C=O) groups excluding carboxylic acids is 1. The summed E-state index contributed by atoms with van der Waals surface area (Å²) in [6.07, 6.45) is 2.62. The SMILES string of the molecule is CC(C)CCN1CC(C)C(=O)Nc2cnc(Cl)nc21. The van der Waals surface area contributed by atoms with Crippen LogP contribution in [0.5, 0.6) is 0 Å². The van der Waals surface area contributed by atoms with Crippen molar-refractivity contribution in [1.29, 1.82) is 0 Å². The van der Waals surface area contributed by atoms with Crippen LogP contribution in [-0.4, -0.2) is 29.0 Å². The number of fused-ring (bicyclic) bond motifs is 1. The number of nitrogens with zero attached hydrogens (tertiary/aromatic N) is 3. The van der Waals surface area contributed by atoms with Gasteiger partial charge < -0.3 is 10.2 Å². The Morgan fingerprint density at radius 2 is 2.32 bits per heavy atom. The van der Waals surface area contributed by atoms with Gasteiger partial charge in [-0.25, -0.2) is 4.98 Å². The first-order chi connectivity index (χ1) is 8.97. The van der Waals surface area contributed by atoms with E-state index in [-0.39, 0.29) is 17.1 Å². The molecule has 1 N–H and O–H groups in total. The second kappa shape index (κ2) is 5.74. The number of hydrogen-bond acceptors (Lipinski definition) is 4. The molecule has 0 saturated carbocycles. The van der Waals surface area contributed by atoms with E-state index < -0.39 is 0 Å². The highest BCUT2D eigenvalue weighted by Crippen LogP contribution is 2.28. The zero-order valence-electron chi connectivity index (χ0n) is 11.5. The van der Waals surface area contributed by atoms with Crippen molar-refractivity contribution in [2.45, 2.75) is 27.2 Å². The summed E-state index contributed by atoms with van der Waals surface area (Å²) in [6, 6.07) is 0. The number of nitrogens with one attached hydrogen (secondary N) is 1. The molecule has 104 valence electrons. The molecule has 0 fully saturated rings. The maximum Gasteiger partial charge on any atom is 0.229 e. The van der Waals surface area contributed by atoms with Crippen LogP contribution in [-0.2, 0) is 4.79 Å². The summed E-state index contributed by atoms with van der Waals surface area (Å²) in [5, 5.41) is 3.06. The molecule has 1 aliphatic heterocycles. The molecule has 6 heteroatoms. The zero-order valence-corrected chi connectivity index (χ0v) is 12.2. The molecule has 1 amide bonds. The third-order valence-corrected chi connectivity index (χ3v) is 3.40. The quantitative estimate of drug-likeness (QED) is 0.866. The standard InChI is InChI=1S/C13H19ClN4O/c1-8(2)4-5-18-7-9(3)12(19)16-10-6-15-13(14)17-11(10)18/h6,8-9H,4-5,7H2,1-3H3,(H,16,19). The highest BCUT2D eigenvalue weighted by atomic mass is 35.5. The van der Waals surface area contributed by atoms with Crippen LogP contribution in [0, 0.1) is 11.8 Å². The zero-order chi connectivity index (χ0) is 14.0.